The number of carbonyl (C=O) groups excluding carboxylic acids is 1. The number of aromatic nitrogens is 2. The summed E-state index contributed by atoms with van der Waals surface area (Å²) in [6.45, 7) is 7.01. The fourth-order valence-corrected chi connectivity index (χ4v) is 4.92. The molecule has 0 spiro atoms. The van der Waals surface area contributed by atoms with Crippen LogP contribution in [-0.2, 0) is 23.8 Å². The number of nitrogens with zero attached hydrogens (tertiary/aromatic N) is 4. The van der Waals surface area contributed by atoms with E-state index >= 15 is 0 Å². The molecule has 6 nitrogen and oxygen atoms in total. The molecule has 4 rings (SSSR count). The summed E-state index contributed by atoms with van der Waals surface area (Å²) in [6, 6.07) is 1.04. The van der Waals surface area contributed by atoms with Gasteiger partial charge in [0, 0.05) is 43.0 Å². The van der Waals surface area contributed by atoms with Gasteiger partial charge in [-0.15, -0.1) is 0 Å². The maximum absolute atomic E-state index is 14.9. The zero-order valence-electron chi connectivity index (χ0n) is 18.3. The molecule has 2 aromatic rings. The second-order valence-corrected chi connectivity index (χ2v) is 8.46. The lowest BCUT2D eigenvalue weighted by Crippen LogP contribution is -2.49. The van der Waals surface area contributed by atoms with Gasteiger partial charge in [-0.1, -0.05) is 6.58 Å². The van der Waals surface area contributed by atoms with Crippen LogP contribution in [0.15, 0.2) is 25.0 Å². The SMILES string of the molecule is C=CC(=O)N1CCN(c2ncnc3c2CC[C@H](c2c(F)c(N)cc(C)c2C(F)(F)F)C3)CC1. The number of benzene rings is 1. The van der Waals surface area contributed by atoms with Crippen molar-refractivity contribution in [1.29, 1.82) is 0 Å². The first-order chi connectivity index (χ1) is 15.6. The van der Waals surface area contributed by atoms with Crippen LogP contribution in [0.25, 0.3) is 0 Å². The van der Waals surface area contributed by atoms with Gasteiger partial charge in [-0.2, -0.15) is 13.2 Å². The van der Waals surface area contributed by atoms with Crippen molar-refractivity contribution >= 4 is 17.4 Å². The standard InChI is InChI=1S/C23H25F4N5O/c1-3-18(33)31-6-8-32(9-7-31)22-15-5-4-14(11-17(15)29-12-30-22)19-20(23(25,26)27)13(2)10-16(28)21(19)24/h3,10,12,14H,1,4-9,11,28H2,2H3/t14-/m0/s1. The number of nitrogen functional groups attached to an aromatic ring is 1. The molecule has 0 radical (unpaired) electrons. The molecule has 0 unspecified atom stereocenters. The predicted molar refractivity (Wildman–Crippen MR) is 116 cm³/mol. The summed E-state index contributed by atoms with van der Waals surface area (Å²) in [6.07, 6.45) is -1.09. The van der Waals surface area contributed by atoms with Crippen molar-refractivity contribution in [1.82, 2.24) is 14.9 Å². The number of halogens is 4. The lowest BCUT2D eigenvalue weighted by Gasteiger charge is -2.37. The quantitative estimate of drug-likeness (QED) is 0.428. The molecule has 1 fully saturated rings. The van der Waals surface area contributed by atoms with Gasteiger partial charge >= 0.3 is 6.18 Å². The molecule has 33 heavy (non-hydrogen) atoms. The van der Waals surface area contributed by atoms with E-state index in [0.29, 0.717) is 44.7 Å². The van der Waals surface area contributed by atoms with Crippen molar-refractivity contribution < 1.29 is 22.4 Å². The Kier molecular flexibility index (Phi) is 6.02. The van der Waals surface area contributed by atoms with E-state index in [1.54, 1.807) is 4.90 Å². The normalized spacial score (nSPS) is 18.8. The summed E-state index contributed by atoms with van der Waals surface area (Å²) in [4.78, 5) is 24.3. The number of hydrogen-bond donors (Lipinski definition) is 1. The Morgan fingerprint density at radius 2 is 1.94 bits per heavy atom. The molecule has 1 aliphatic heterocycles. The molecule has 1 aliphatic carbocycles. The van der Waals surface area contributed by atoms with Crippen LogP contribution in [0.4, 0.5) is 29.1 Å². The summed E-state index contributed by atoms with van der Waals surface area (Å²) < 4.78 is 56.4. The molecule has 10 heteroatoms. The van der Waals surface area contributed by atoms with Crippen molar-refractivity contribution in [2.24, 2.45) is 0 Å². The number of piperazine rings is 1. The Labute approximate surface area is 189 Å². The van der Waals surface area contributed by atoms with E-state index in [1.165, 1.54) is 19.3 Å². The summed E-state index contributed by atoms with van der Waals surface area (Å²) in [5, 5.41) is 0. The number of anilines is 2. The Bertz CT molecular complexity index is 1090. The number of aryl methyl sites for hydroxylation is 1. The molecule has 1 amide bonds. The third-order valence-electron chi connectivity index (χ3n) is 6.48. The average molecular weight is 463 g/mol. The largest absolute Gasteiger partial charge is 0.417 e. The highest BCUT2D eigenvalue weighted by atomic mass is 19.4. The third-order valence-corrected chi connectivity index (χ3v) is 6.48. The van der Waals surface area contributed by atoms with Gasteiger partial charge < -0.3 is 15.5 Å². The lowest BCUT2D eigenvalue weighted by molar-refractivity contribution is -0.139. The van der Waals surface area contributed by atoms with E-state index in [-0.39, 0.29) is 29.1 Å². The van der Waals surface area contributed by atoms with E-state index in [4.69, 9.17) is 5.73 Å². The molecule has 1 aromatic heterocycles. The smallest absolute Gasteiger partial charge is 0.396 e. The van der Waals surface area contributed by atoms with Crippen LogP contribution in [0.2, 0.25) is 0 Å². The van der Waals surface area contributed by atoms with Crippen LogP contribution < -0.4 is 10.6 Å². The Balaban J connectivity index is 1.63. The van der Waals surface area contributed by atoms with Crippen LogP contribution >= 0.6 is 0 Å². The number of nitrogens with two attached hydrogens (primary N) is 1. The molecule has 0 saturated carbocycles. The van der Waals surface area contributed by atoms with E-state index in [1.807, 2.05) is 0 Å². The first-order valence-corrected chi connectivity index (χ1v) is 10.8. The van der Waals surface area contributed by atoms with Gasteiger partial charge in [0.2, 0.25) is 5.91 Å². The zero-order valence-corrected chi connectivity index (χ0v) is 18.3. The maximum atomic E-state index is 14.9. The predicted octanol–water partition coefficient (Wildman–Crippen LogP) is 3.63. The molecular formula is C23H25F4N5O. The van der Waals surface area contributed by atoms with Gasteiger partial charge in [-0.3, -0.25) is 4.79 Å². The van der Waals surface area contributed by atoms with E-state index in [0.717, 1.165) is 17.4 Å². The fraction of sp³-hybridized carbons (Fsp3) is 0.435. The molecular weight excluding hydrogens is 438 g/mol. The highest BCUT2D eigenvalue weighted by molar-refractivity contribution is 5.87. The molecule has 176 valence electrons. The van der Waals surface area contributed by atoms with Crippen molar-refractivity contribution in [2.45, 2.75) is 38.3 Å². The molecule has 2 N–H and O–H groups in total. The molecule has 2 aliphatic rings. The highest BCUT2D eigenvalue weighted by Gasteiger charge is 2.40. The van der Waals surface area contributed by atoms with Gasteiger partial charge in [0.1, 0.15) is 18.0 Å². The zero-order chi connectivity index (χ0) is 23.9. The van der Waals surface area contributed by atoms with E-state index in [2.05, 4.69) is 21.4 Å². The monoisotopic (exact) mass is 463 g/mol. The van der Waals surface area contributed by atoms with Gasteiger partial charge in [-0.05, 0) is 49.8 Å². The van der Waals surface area contributed by atoms with Gasteiger partial charge in [0.15, 0.2) is 0 Å². The minimum absolute atomic E-state index is 0.0856. The van der Waals surface area contributed by atoms with Crippen LogP contribution in [0.5, 0.6) is 0 Å². The minimum atomic E-state index is -4.69. The third kappa shape index (κ3) is 4.26. The Hall–Kier alpha value is -3.17. The van der Waals surface area contributed by atoms with Crippen LogP contribution in [0, 0.1) is 12.7 Å². The van der Waals surface area contributed by atoms with E-state index in [9.17, 15) is 22.4 Å². The lowest BCUT2D eigenvalue weighted by atomic mass is 9.79. The molecule has 1 saturated heterocycles. The molecule has 1 aromatic carbocycles. The summed E-state index contributed by atoms with van der Waals surface area (Å²) in [5.41, 5.74) is 5.49. The van der Waals surface area contributed by atoms with Crippen molar-refractivity contribution in [3.05, 3.63) is 58.8 Å². The molecule has 2 heterocycles. The number of alkyl halides is 3. The molecule has 1 atom stereocenters. The van der Waals surface area contributed by atoms with Gasteiger partial charge in [-0.25, -0.2) is 14.4 Å². The number of hydrogen-bond acceptors (Lipinski definition) is 5. The fourth-order valence-electron chi connectivity index (χ4n) is 4.92. The van der Waals surface area contributed by atoms with Crippen LogP contribution in [-0.4, -0.2) is 47.0 Å². The van der Waals surface area contributed by atoms with Gasteiger partial charge in [0.05, 0.1) is 11.3 Å². The summed E-state index contributed by atoms with van der Waals surface area (Å²) >= 11 is 0. The average Bonchev–Trinajstić information content (AvgIpc) is 2.79. The molecule has 0 bridgehead atoms. The van der Waals surface area contributed by atoms with Gasteiger partial charge in [0.25, 0.3) is 0 Å². The second kappa shape index (κ2) is 8.64. The first kappa shape index (κ1) is 23.0. The van der Waals surface area contributed by atoms with E-state index < -0.39 is 23.5 Å². The highest BCUT2D eigenvalue weighted by Crippen LogP contribution is 2.44. The number of carbonyl (C=O) groups is 1. The van der Waals surface area contributed by atoms with Crippen LogP contribution in [0.1, 0.15) is 40.3 Å². The first-order valence-electron chi connectivity index (χ1n) is 10.8. The second-order valence-electron chi connectivity index (χ2n) is 8.46. The number of fused-ring (bicyclic) bond motifs is 1. The topological polar surface area (TPSA) is 75.4 Å². The number of rotatable bonds is 3. The summed E-state index contributed by atoms with van der Waals surface area (Å²) in [5.74, 6) is -1.09. The number of amides is 1. The van der Waals surface area contributed by atoms with Crippen molar-refractivity contribution in [2.75, 3.05) is 36.8 Å². The van der Waals surface area contributed by atoms with Crippen LogP contribution in [0.3, 0.4) is 0 Å². The Morgan fingerprint density at radius 3 is 2.58 bits per heavy atom. The maximum Gasteiger partial charge on any atom is 0.417 e. The Morgan fingerprint density at radius 1 is 1.24 bits per heavy atom. The minimum Gasteiger partial charge on any atom is -0.396 e. The summed E-state index contributed by atoms with van der Waals surface area (Å²) in [7, 11) is 0. The van der Waals surface area contributed by atoms with Crippen molar-refractivity contribution in [3.63, 3.8) is 0 Å². The van der Waals surface area contributed by atoms with Crippen molar-refractivity contribution in [3.8, 4) is 0 Å².